The zero-order chi connectivity index (χ0) is 10.3. The Morgan fingerprint density at radius 1 is 1.14 bits per heavy atom. The Morgan fingerprint density at radius 3 is 2.43 bits per heavy atom. The molecule has 0 aliphatic carbocycles. The Balaban J connectivity index is 2.80. The highest BCUT2D eigenvalue weighted by Gasteiger charge is 2.10. The molecule has 2 rings (SSSR count). The van der Waals surface area contributed by atoms with Crippen LogP contribution in [-0.2, 0) is 10.1 Å². The second-order valence-electron chi connectivity index (χ2n) is 2.76. The zero-order valence-electron chi connectivity index (χ0n) is 6.81. The summed E-state index contributed by atoms with van der Waals surface area (Å²) < 4.78 is 30.2. The molecule has 0 saturated heterocycles. The van der Waals surface area contributed by atoms with E-state index in [0.717, 1.165) is 0 Å². The van der Waals surface area contributed by atoms with Gasteiger partial charge >= 0.3 is 5.69 Å². The van der Waals surface area contributed by atoms with Gasteiger partial charge in [0.1, 0.15) is 0 Å². The van der Waals surface area contributed by atoms with Crippen LogP contribution in [0.5, 0.6) is 0 Å². The van der Waals surface area contributed by atoms with Gasteiger partial charge in [-0.2, -0.15) is 8.42 Å². The van der Waals surface area contributed by atoms with Gasteiger partial charge in [-0.05, 0) is 18.2 Å². The van der Waals surface area contributed by atoms with E-state index < -0.39 is 15.8 Å². The van der Waals surface area contributed by atoms with E-state index >= 15 is 0 Å². The van der Waals surface area contributed by atoms with E-state index in [4.69, 9.17) is 4.55 Å². The van der Waals surface area contributed by atoms with Gasteiger partial charge < -0.3 is 9.97 Å². The molecule has 6 nitrogen and oxygen atoms in total. The number of aromatic amines is 2. The number of rotatable bonds is 1. The minimum absolute atomic E-state index is 0.250. The topological polar surface area (TPSA) is 103 Å². The summed E-state index contributed by atoms with van der Waals surface area (Å²) >= 11 is 0. The fourth-order valence-corrected chi connectivity index (χ4v) is 1.68. The molecule has 0 fully saturated rings. The minimum Gasteiger partial charge on any atom is -0.306 e. The summed E-state index contributed by atoms with van der Waals surface area (Å²) in [5.41, 5.74) is 0.403. The number of H-pyrrole nitrogens is 2. The molecule has 0 aliphatic rings. The van der Waals surface area contributed by atoms with Gasteiger partial charge in [-0.25, -0.2) is 4.79 Å². The fraction of sp³-hybridized carbons (Fsp3) is 0. The van der Waals surface area contributed by atoms with Crippen molar-refractivity contribution in [3.8, 4) is 0 Å². The van der Waals surface area contributed by atoms with Crippen molar-refractivity contribution < 1.29 is 13.0 Å². The van der Waals surface area contributed by atoms with Crippen molar-refractivity contribution in [3.05, 3.63) is 28.7 Å². The average Bonchev–Trinajstić information content (AvgIpc) is 2.41. The molecule has 1 heterocycles. The smallest absolute Gasteiger partial charge is 0.306 e. The Hall–Kier alpha value is -1.60. The summed E-state index contributed by atoms with van der Waals surface area (Å²) in [6, 6.07) is 3.79. The molecular weight excluding hydrogens is 208 g/mol. The molecule has 0 aliphatic heterocycles. The third-order valence-electron chi connectivity index (χ3n) is 1.79. The third kappa shape index (κ3) is 1.42. The molecule has 74 valence electrons. The summed E-state index contributed by atoms with van der Waals surface area (Å²) in [5, 5.41) is 0. The van der Waals surface area contributed by atoms with Crippen LogP contribution in [0.25, 0.3) is 11.0 Å². The molecule has 0 unspecified atom stereocenters. The van der Waals surface area contributed by atoms with Gasteiger partial charge in [0.2, 0.25) is 0 Å². The van der Waals surface area contributed by atoms with Crippen LogP contribution < -0.4 is 5.69 Å². The zero-order valence-corrected chi connectivity index (χ0v) is 7.63. The van der Waals surface area contributed by atoms with Crippen LogP contribution in [0.4, 0.5) is 0 Å². The molecule has 0 radical (unpaired) electrons. The standard InChI is InChI=1S/C7H6N2O4S/c10-7-8-5-2-1-4(14(11,12)13)3-6(5)9-7/h1-3H,(H2,8,9,10)(H,11,12,13). The number of aromatic nitrogens is 2. The first-order valence-corrected chi connectivity index (χ1v) is 5.10. The van der Waals surface area contributed by atoms with E-state index in [-0.39, 0.29) is 4.90 Å². The number of nitrogens with one attached hydrogen (secondary N) is 2. The molecule has 7 heteroatoms. The molecular formula is C7H6N2O4S. The van der Waals surface area contributed by atoms with Gasteiger partial charge in [-0.15, -0.1) is 0 Å². The number of benzene rings is 1. The van der Waals surface area contributed by atoms with Gasteiger partial charge in [0.15, 0.2) is 0 Å². The van der Waals surface area contributed by atoms with Crippen molar-refractivity contribution in [3.63, 3.8) is 0 Å². The van der Waals surface area contributed by atoms with Gasteiger partial charge in [0, 0.05) is 0 Å². The summed E-state index contributed by atoms with van der Waals surface area (Å²) in [4.78, 5) is 15.4. The largest absolute Gasteiger partial charge is 0.323 e. The Labute approximate surface area is 78.3 Å². The van der Waals surface area contributed by atoms with E-state index in [2.05, 4.69) is 9.97 Å². The van der Waals surface area contributed by atoms with Crippen LogP contribution in [-0.4, -0.2) is 22.9 Å². The Morgan fingerprint density at radius 2 is 1.79 bits per heavy atom. The van der Waals surface area contributed by atoms with Crippen molar-refractivity contribution in [2.75, 3.05) is 0 Å². The van der Waals surface area contributed by atoms with E-state index in [1.165, 1.54) is 18.2 Å². The van der Waals surface area contributed by atoms with Gasteiger partial charge in [0.05, 0.1) is 15.9 Å². The third-order valence-corrected chi connectivity index (χ3v) is 2.63. The lowest BCUT2D eigenvalue weighted by atomic mass is 10.3. The number of hydrogen-bond donors (Lipinski definition) is 3. The SMILES string of the molecule is O=c1[nH]c2ccc(S(=O)(=O)O)cc2[nH]1. The molecule has 14 heavy (non-hydrogen) atoms. The lowest BCUT2D eigenvalue weighted by Crippen LogP contribution is -1.99. The second-order valence-corrected chi connectivity index (χ2v) is 4.18. The molecule has 1 aromatic carbocycles. The Kier molecular flexibility index (Phi) is 1.73. The van der Waals surface area contributed by atoms with Crippen molar-refractivity contribution >= 4 is 21.2 Å². The summed E-state index contributed by atoms with van der Waals surface area (Å²) in [6.07, 6.45) is 0. The Bertz CT molecular complexity index is 637. The molecule has 0 atom stereocenters. The molecule has 2 aromatic rings. The lowest BCUT2D eigenvalue weighted by molar-refractivity contribution is 0.483. The first kappa shape index (κ1) is 8.97. The second kappa shape index (κ2) is 2.69. The molecule has 1 aromatic heterocycles. The molecule has 0 spiro atoms. The van der Waals surface area contributed by atoms with Crippen LogP contribution >= 0.6 is 0 Å². The van der Waals surface area contributed by atoms with E-state index in [9.17, 15) is 13.2 Å². The molecule has 0 amide bonds. The van der Waals surface area contributed by atoms with Crippen molar-refractivity contribution in [1.82, 2.24) is 9.97 Å². The van der Waals surface area contributed by atoms with E-state index in [1.54, 1.807) is 0 Å². The minimum atomic E-state index is -4.22. The normalized spacial score (nSPS) is 12.1. The van der Waals surface area contributed by atoms with Crippen molar-refractivity contribution in [1.29, 1.82) is 0 Å². The van der Waals surface area contributed by atoms with Gasteiger partial charge in [-0.1, -0.05) is 0 Å². The number of fused-ring (bicyclic) bond motifs is 1. The first-order chi connectivity index (χ1) is 6.47. The van der Waals surface area contributed by atoms with Crippen LogP contribution in [0.2, 0.25) is 0 Å². The maximum atomic E-state index is 10.8. The maximum absolute atomic E-state index is 10.8. The molecule has 3 N–H and O–H groups in total. The highest BCUT2D eigenvalue weighted by molar-refractivity contribution is 7.85. The predicted molar refractivity (Wildman–Crippen MR) is 48.7 cm³/mol. The quantitative estimate of drug-likeness (QED) is 0.586. The van der Waals surface area contributed by atoms with Crippen molar-refractivity contribution in [2.24, 2.45) is 0 Å². The van der Waals surface area contributed by atoms with E-state index in [1.807, 2.05) is 0 Å². The van der Waals surface area contributed by atoms with Crippen LogP contribution in [0.3, 0.4) is 0 Å². The number of hydrogen-bond acceptors (Lipinski definition) is 3. The summed E-state index contributed by atoms with van der Waals surface area (Å²) in [7, 11) is -4.22. The summed E-state index contributed by atoms with van der Waals surface area (Å²) in [5.74, 6) is 0. The molecule has 0 bridgehead atoms. The fourth-order valence-electron chi connectivity index (χ4n) is 1.17. The van der Waals surface area contributed by atoms with Crippen LogP contribution in [0, 0.1) is 0 Å². The van der Waals surface area contributed by atoms with E-state index in [0.29, 0.717) is 11.0 Å². The maximum Gasteiger partial charge on any atom is 0.323 e. The first-order valence-electron chi connectivity index (χ1n) is 3.66. The monoisotopic (exact) mass is 214 g/mol. The van der Waals surface area contributed by atoms with Gasteiger partial charge in [-0.3, -0.25) is 4.55 Å². The average molecular weight is 214 g/mol. The van der Waals surface area contributed by atoms with Gasteiger partial charge in [0.25, 0.3) is 10.1 Å². The highest BCUT2D eigenvalue weighted by atomic mass is 32.2. The predicted octanol–water partition coefficient (Wildman–Crippen LogP) is 0.103. The highest BCUT2D eigenvalue weighted by Crippen LogP contribution is 2.14. The summed E-state index contributed by atoms with van der Waals surface area (Å²) in [6.45, 7) is 0. The lowest BCUT2D eigenvalue weighted by Gasteiger charge is -1.95. The molecule has 0 saturated carbocycles. The van der Waals surface area contributed by atoms with Crippen molar-refractivity contribution in [2.45, 2.75) is 4.90 Å². The number of imidazole rings is 1. The van der Waals surface area contributed by atoms with Crippen LogP contribution in [0.1, 0.15) is 0 Å². The van der Waals surface area contributed by atoms with Crippen LogP contribution in [0.15, 0.2) is 27.9 Å².